The van der Waals surface area contributed by atoms with Crippen molar-refractivity contribution in [2.24, 2.45) is 0 Å². The van der Waals surface area contributed by atoms with Crippen LogP contribution in [0.25, 0.3) is 0 Å². The molecule has 0 aliphatic heterocycles. The SMILES string of the molecule is Cc1cccc(C(=O)NC(C)C(=O)NCC(O)c2ccco2)c1. The predicted molar refractivity (Wildman–Crippen MR) is 84.8 cm³/mol. The van der Waals surface area contributed by atoms with Gasteiger partial charge in [-0.05, 0) is 38.1 Å². The van der Waals surface area contributed by atoms with E-state index in [1.807, 2.05) is 13.0 Å². The van der Waals surface area contributed by atoms with Crippen molar-refractivity contribution in [1.82, 2.24) is 10.6 Å². The van der Waals surface area contributed by atoms with Crippen LogP contribution in [-0.4, -0.2) is 29.5 Å². The van der Waals surface area contributed by atoms with Crippen LogP contribution in [0, 0.1) is 6.92 Å². The van der Waals surface area contributed by atoms with Crippen LogP contribution in [0.2, 0.25) is 0 Å². The Kier molecular flexibility index (Phi) is 5.54. The molecular weight excluding hydrogens is 296 g/mol. The number of carbonyl (C=O) groups excluding carboxylic acids is 2. The predicted octanol–water partition coefficient (Wildman–Crippen LogP) is 1.56. The molecule has 0 bridgehead atoms. The van der Waals surface area contributed by atoms with E-state index in [-0.39, 0.29) is 18.4 Å². The van der Waals surface area contributed by atoms with Gasteiger partial charge in [0.2, 0.25) is 5.91 Å². The van der Waals surface area contributed by atoms with Crippen LogP contribution in [0.3, 0.4) is 0 Å². The lowest BCUT2D eigenvalue weighted by Crippen LogP contribution is -2.45. The molecule has 6 nitrogen and oxygen atoms in total. The maximum absolute atomic E-state index is 12.1. The van der Waals surface area contributed by atoms with Gasteiger partial charge in [0, 0.05) is 5.56 Å². The van der Waals surface area contributed by atoms with Crippen LogP contribution >= 0.6 is 0 Å². The van der Waals surface area contributed by atoms with Crippen LogP contribution in [0.5, 0.6) is 0 Å². The first-order valence-electron chi connectivity index (χ1n) is 7.34. The molecule has 2 amide bonds. The van der Waals surface area contributed by atoms with Gasteiger partial charge in [0.1, 0.15) is 17.9 Å². The Balaban J connectivity index is 1.84. The molecule has 0 saturated heterocycles. The van der Waals surface area contributed by atoms with Crippen molar-refractivity contribution >= 4 is 11.8 Å². The van der Waals surface area contributed by atoms with Crippen molar-refractivity contribution in [2.75, 3.05) is 6.54 Å². The molecule has 0 radical (unpaired) electrons. The number of carbonyl (C=O) groups is 2. The summed E-state index contributed by atoms with van der Waals surface area (Å²) in [5.74, 6) is -0.318. The van der Waals surface area contributed by atoms with Crippen LogP contribution in [0.4, 0.5) is 0 Å². The molecule has 0 saturated carbocycles. The van der Waals surface area contributed by atoms with Gasteiger partial charge in [-0.3, -0.25) is 9.59 Å². The summed E-state index contributed by atoms with van der Waals surface area (Å²) in [4.78, 5) is 24.1. The second kappa shape index (κ2) is 7.60. The first kappa shape index (κ1) is 16.8. The van der Waals surface area contributed by atoms with Crippen molar-refractivity contribution in [3.8, 4) is 0 Å². The maximum atomic E-state index is 12.1. The lowest BCUT2D eigenvalue weighted by atomic mass is 10.1. The molecule has 122 valence electrons. The van der Waals surface area contributed by atoms with Crippen molar-refractivity contribution in [3.05, 3.63) is 59.5 Å². The van der Waals surface area contributed by atoms with Crippen molar-refractivity contribution in [1.29, 1.82) is 0 Å². The fraction of sp³-hybridized carbons (Fsp3) is 0.294. The lowest BCUT2D eigenvalue weighted by Gasteiger charge is -2.15. The number of nitrogens with one attached hydrogen (secondary N) is 2. The highest BCUT2D eigenvalue weighted by molar-refractivity contribution is 5.97. The van der Waals surface area contributed by atoms with Gasteiger partial charge in [-0.1, -0.05) is 17.7 Å². The molecule has 2 rings (SSSR count). The van der Waals surface area contributed by atoms with Crippen LogP contribution < -0.4 is 10.6 Å². The van der Waals surface area contributed by atoms with E-state index in [2.05, 4.69) is 10.6 Å². The second-order valence-electron chi connectivity index (χ2n) is 5.34. The van der Waals surface area contributed by atoms with E-state index in [0.29, 0.717) is 11.3 Å². The van der Waals surface area contributed by atoms with E-state index in [1.165, 1.54) is 6.26 Å². The van der Waals surface area contributed by atoms with Gasteiger partial charge in [0.05, 0.1) is 12.8 Å². The van der Waals surface area contributed by atoms with Gasteiger partial charge in [-0.25, -0.2) is 0 Å². The minimum atomic E-state index is -0.923. The third kappa shape index (κ3) is 4.69. The Hall–Kier alpha value is -2.60. The molecule has 1 heterocycles. The lowest BCUT2D eigenvalue weighted by molar-refractivity contribution is -0.123. The number of aliphatic hydroxyl groups is 1. The highest BCUT2D eigenvalue weighted by Gasteiger charge is 2.18. The number of amides is 2. The molecule has 0 fully saturated rings. The molecule has 1 aromatic heterocycles. The first-order valence-corrected chi connectivity index (χ1v) is 7.34. The van der Waals surface area contributed by atoms with Crippen LogP contribution in [0.15, 0.2) is 47.1 Å². The van der Waals surface area contributed by atoms with E-state index < -0.39 is 12.1 Å². The zero-order valence-electron chi connectivity index (χ0n) is 13.1. The molecule has 0 aliphatic rings. The van der Waals surface area contributed by atoms with Crippen LogP contribution in [0.1, 0.15) is 34.7 Å². The number of rotatable bonds is 6. The molecule has 2 atom stereocenters. The number of furan rings is 1. The Morgan fingerprint density at radius 2 is 2.04 bits per heavy atom. The van der Waals surface area contributed by atoms with Crippen molar-refractivity contribution < 1.29 is 19.1 Å². The average Bonchev–Trinajstić information content (AvgIpc) is 3.06. The summed E-state index contributed by atoms with van der Waals surface area (Å²) >= 11 is 0. The Morgan fingerprint density at radius 1 is 1.26 bits per heavy atom. The number of aliphatic hydroxyl groups excluding tert-OH is 1. The summed E-state index contributed by atoms with van der Waals surface area (Å²) in [5, 5.41) is 15.0. The summed E-state index contributed by atoms with van der Waals surface area (Å²) in [6.07, 6.45) is 0.527. The summed E-state index contributed by atoms with van der Waals surface area (Å²) < 4.78 is 5.05. The van der Waals surface area contributed by atoms with Gasteiger partial charge >= 0.3 is 0 Å². The van der Waals surface area contributed by atoms with E-state index in [9.17, 15) is 14.7 Å². The third-order valence-corrected chi connectivity index (χ3v) is 3.36. The summed E-state index contributed by atoms with van der Waals surface area (Å²) in [7, 11) is 0. The fourth-order valence-electron chi connectivity index (χ4n) is 2.06. The Morgan fingerprint density at radius 3 is 2.70 bits per heavy atom. The molecule has 0 spiro atoms. The first-order chi connectivity index (χ1) is 11.0. The normalized spacial score (nSPS) is 13.2. The topological polar surface area (TPSA) is 91.6 Å². The highest BCUT2D eigenvalue weighted by Crippen LogP contribution is 2.11. The Bertz CT molecular complexity index is 667. The van der Waals surface area contributed by atoms with Gasteiger partial charge in [0.25, 0.3) is 5.91 Å². The molecule has 2 aromatic rings. The monoisotopic (exact) mass is 316 g/mol. The molecule has 3 N–H and O–H groups in total. The summed E-state index contributed by atoms with van der Waals surface area (Å²) in [6, 6.07) is 9.68. The highest BCUT2D eigenvalue weighted by atomic mass is 16.4. The molecule has 1 aromatic carbocycles. The maximum Gasteiger partial charge on any atom is 0.251 e. The zero-order chi connectivity index (χ0) is 16.8. The Labute approximate surface area is 134 Å². The van der Waals surface area contributed by atoms with Crippen LogP contribution in [-0.2, 0) is 4.79 Å². The summed E-state index contributed by atoms with van der Waals surface area (Å²) in [6.45, 7) is 3.49. The quantitative estimate of drug-likeness (QED) is 0.754. The summed E-state index contributed by atoms with van der Waals surface area (Å²) in [5.41, 5.74) is 1.47. The third-order valence-electron chi connectivity index (χ3n) is 3.36. The van der Waals surface area contributed by atoms with Gasteiger partial charge < -0.3 is 20.2 Å². The molecule has 6 heteroatoms. The minimum absolute atomic E-state index is 0.0109. The largest absolute Gasteiger partial charge is 0.467 e. The van der Waals surface area contributed by atoms with Crippen molar-refractivity contribution in [2.45, 2.75) is 26.0 Å². The number of hydrogen-bond acceptors (Lipinski definition) is 4. The van der Waals surface area contributed by atoms with Gasteiger partial charge in [-0.15, -0.1) is 0 Å². The van der Waals surface area contributed by atoms with E-state index in [0.717, 1.165) is 5.56 Å². The number of hydrogen-bond donors (Lipinski definition) is 3. The molecule has 0 aliphatic carbocycles. The van der Waals surface area contributed by atoms with Gasteiger partial charge in [-0.2, -0.15) is 0 Å². The van der Waals surface area contributed by atoms with Gasteiger partial charge in [0.15, 0.2) is 0 Å². The van der Waals surface area contributed by atoms with E-state index in [1.54, 1.807) is 37.3 Å². The second-order valence-corrected chi connectivity index (χ2v) is 5.34. The minimum Gasteiger partial charge on any atom is -0.467 e. The number of benzene rings is 1. The molecule has 23 heavy (non-hydrogen) atoms. The molecule has 2 unspecified atom stereocenters. The zero-order valence-corrected chi connectivity index (χ0v) is 13.1. The smallest absolute Gasteiger partial charge is 0.251 e. The average molecular weight is 316 g/mol. The molecular formula is C17H20N2O4. The fourth-order valence-corrected chi connectivity index (χ4v) is 2.06. The van der Waals surface area contributed by atoms with Crippen molar-refractivity contribution in [3.63, 3.8) is 0 Å². The van der Waals surface area contributed by atoms with E-state index >= 15 is 0 Å². The standard InChI is InChI=1S/C17H20N2O4/c1-11-5-3-6-13(9-11)17(22)19-12(2)16(21)18-10-14(20)15-7-4-8-23-15/h3-9,12,14,20H,10H2,1-2H3,(H,18,21)(H,19,22). The van der Waals surface area contributed by atoms with E-state index in [4.69, 9.17) is 4.42 Å². The number of aryl methyl sites for hydroxylation is 1.